The molecule has 1 aromatic heterocycles. The van der Waals surface area contributed by atoms with Crippen LogP contribution in [0.1, 0.15) is 36.1 Å². The van der Waals surface area contributed by atoms with E-state index in [0.29, 0.717) is 11.4 Å². The van der Waals surface area contributed by atoms with Gasteiger partial charge in [0.25, 0.3) is 0 Å². The van der Waals surface area contributed by atoms with Gasteiger partial charge in [-0.3, -0.25) is 0 Å². The Bertz CT molecular complexity index is 790. The lowest BCUT2D eigenvalue weighted by molar-refractivity contribution is -0.714. The number of aliphatic hydroxyl groups excluding tert-OH is 1. The molecule has 2 atom stereocenters. The fraction of sp³-hybridized carbons (Fsp3) is 0.190. The molecule has 3 aromatic rings. The van der Waals surface area contributed by atoms with Crippen molar-refractivity contribution in [3.8, 4) is 0 Å². The number of hydrogen-bond acceptors (Lipinski definition) is 1. The first-order valence-electron chi connectivity index (χ1n) is 8.28. The fourth-order valence-electron chi connectivity index (χ4n) is 2.96. The Kier molecular flexibility index (Phi) is 5.79. The van der Waals surface area contributed by atoms with Crippen LogP contribution in [-0.2, 0) is 0 Å². The highest BCUT2D eigenvalue weighted by atomic mass is 35.5. The van der Waals surface area contributed by atoms with Gasteiger partial charge in [0.2, 0.25) is 0 Å². The van der Waals surface area contributed by atoms with E-state index in [4.69, 9.17) is 11.6 Å². The summed E-state index contributed by atoms with van der Waals surface area (Å²) in [5.74, 6) is -0.248. The normalized spacial score (nSPS) is 13.4. The van der Waals surface area contributed by atoms with Crippen molar-refractivity contribution in [3.63, 3.8) is 0 Å². The number of aromatic nitrogens is 1. The zero-order chi connectivity index (χ0) is 17.6. The third kappa shape index (κ3) is 4.65. The summed E-state index contributed by atoms with van der Waals surface area (Å²) in [6, 6.07) is 19.7. The number of halogens is 2. The average molecular weight is 357 g/mol. The summed E-state index contributed by atoms with van der Waals surface area (Å²) >= 11 is 5.90. The Morgan fingerprint density at radius 2 is 1.44 bits per heavy atom. The topological polar surface area (TPSA) is 24.1 Å². The summed E-state index contributed by atoms with van der Waals surface area (Å²) in [5.41, 5.74) is 1.86. The van der Waals surface area contributed by atoms with Crippen molar-refractivity contribution in [1.29, 1.82) is 0 Å². The fourth-order valence-corrected chi connectivity index (χ4v) is 3.09. The van der Waals surface area contributed by atoms with Gasteiger partial charge in [-0.2, -0.15) is 4.57 Å². The van der Waals surface area contributed by atoms with Gasteiger partial charge in [0.05, 0.1) is 6.10 Å². The molecule has 0 bridgehead atoms. The highest BCUT2D eigenvalue weighted by Gasteiger charge is 2.22. The Hall–Kier alpha value is -2.23. The Balaban J connectivity index is 1.78. The summed E-state index contributed by atoms with van der Waals surface area (Å²) in [7, 11) is 0. The van der Waals surface area contributed by atoms with Crippen molar-refractivity contribution in [2.75, 3.05) is 0 Å². The third-order valence-corrected chi connectivity index (χ3v) is 4.57. The maximum Gasteiger partial charge on any atom is 0.183 e. The second kappa shape index (κ2) is 8.24. The maximum absolute atomic E-state index is 13.3. The minimum Gasteiger partial charge on any atom is -0.388 e. The predicted octanol–water partition coefficient (Wildman–Crippen LogP) is 4.87. The van der Waals surface area contributed by atoms with Gasteiger partial charge in [0.15, 0.2) is 18.4 Å². The molecule has 0 aliphatic carbocycles. The van der Waals surface area contributed by atoms with Gasteiger partial charge in [-0.1, -0.05) is 29.8 Å². The first-order chi connectivity index (χ1) is 12.1. The maximum atomic E-state index is 13.3. The zero-order valence-corrected chi connectivity index (χ0v) is 14.5. The molecular weight excluding hydrogens is 337 g/mol. The molecule has 2 aromatic carbocycles. The second-order valence-corrected chi connectivity index (χ2v) is 6.47. The number of nitrogens with zero attached hydrogens (tertiary/aromatic N) is 1. The SMILES string of the molecule is OC(CCC(c1ccc(F)cc1)[n+]1ccccc1)c1ccc(Cl)cc1. The highest BCUT2D eigenvalue weighted by molar-refractivity contribution is 6.30. The number of rotatable bonds is 6. The number of aliphatic hydroxyl groups is 1. The van der Waals surface area contributed by atoms with Gasteiger partial charge in [-0.25, -0.2) is 4.39 Å². The molecule has 1 N–H and O–H groups in total. The number of hydrogen-bond donors (Lipinski definition) is 1. The van der Waals surface area contributed by atoms with E-state index in [2.05, 4.69) is 4.57 Å². The molecule has 3 rings (SSSR count). The standard InChI is InChI=1S/C21H20ClFNO/c22-18-8-4-17(5-9-18)21(25)13-12-20(24-14-2-1-3-15-24)16-6-10-19(23)11-7-16/h1-11,14-15,20-21,25H,12-13H2/q+1. The summed E-state index contributed by atoms with van der Waals surface area (Å²) in [6.07, 6.45) is 4.73. The first-order valence-corrected chi connectivity index (χ1v) is 8.66. The Labute approximate surface area is 152 Å². The molecule has 0 spiro atoms. The third-order valence-electron chi connectivity index (χ3n) is 4.32. The molecular formula is C21H20ClFNO+. The average Bonchev–Trinajstić information content (AvgIpc) is 2.64. The second-order valence-electron chi connectivity index (χ2n) is 6.03. The lowest BCUT2D eigenvalue weighted by Crippen LogP contribution is -2.39. The molecule has 2 nitrogen and oxygen atoms in total. The molecule has 128 valence electrons. The molecule has 0 amide bonds. The van der Waals surface area contributed by atoms with Crippen LogP contribution in [-0.4, -0.2) is 5.11 Å². The van der Waals surface area contributed by atoms with E-state index in [-0.39, 0.29) is 11.9 Å². The van der Waals surface area contributed by atoms with Crippen molar-refractivity contribution in [2.45, 2.75) is 25.0 Å². The van der Waals surface area contributed by atoms with E-state index >= 15 is 0 Å². The van der Waals surface area contributed by atoms with Crippen LogP contribution in [0.3, 0.4) is 0 Å². The molecule has 4 heteroatoms. The first kappa shape index (κ1) is 17.6. The highest BCUT2D eigenvalue weighted by Crippen LogP contribution is 2.26. The molecule has 0 aliphatic rings. The van der Waals surface area contributed by atoms with Gasteiger partial charge in [0, 0.05) is 29.1 Å². The zero-order valence-electron chi connectivity index (χ0n) is 13.7. The summed E-state index contributed by atoms with van der Waals surface area (Å²) in [6.45, 7) is 0. The minimum atomic E-state index is -0.565. The van der Waals surface area contributed by atoms with Crippen molar-refractivity contribution in [1.82, 2.24) is 0 Å². The van der Waals surface area contributed by atoms with Crippen molar-refractivity contribution in [2.24, 2.45) is 0 Å². The van der Waals surface area contributed by atoms with Gasteiger partial charge in [-0.15, -0.1) is 0 Å². The monoisotopic (exact) mass is 356 g/mol. The van der Waals surface area contributed by atoms with Crippen LogP contribution in [0.5, 0.6) is 0 Å². The molecule has 0 saturated carbocycles. The van der Waals surface area contributed by atoms with Crippen LogP contribution in [0.4, 0.5) is 4.39 Å². The van der Waals surface area contributed by atoms with Gasteiger partial charge >= 0.3 is 0 Å². The molecule has 0 radical (unpaired) electrons. The van der Waals surface area contributed by atoms with E-state index in [1.807, 2.05) is 42.7 Å². The number of benzene rings is 2. The smallest absolute Gasteiger partial charge is 0.183 e. The Morgan fingerprint density at radius 3 is 2.08 bits per heavy atom. The molecule has 1 heterocycles. The molecule has 2 unspecified atom stereocenters. The molecule has 0 saturated heterocycles. The summed E-state index contributed by atoms with van der Waals surface area (Å²) < 4.78 is 15.3. The van der Waals surface area contributed by atoms with E-state index in [9.17, 15) is 9.50 Å². The van der Waals surface area contributed by atoms with E-state index in [0.717, 1.165) is 17.5 Å². The Morgan fingerprint density at radius 1 is 0.840 bits per heavy atom. The van der Waals surface area contributed by atoms with E-state index < -0.39 is 6.10 Å². The molecule has 0 fully saturated rings. The van der Waals surface area contributed by atoms with Crippen molar-refractivity contribution in [3.05, 3.63) is 101 Å². The van der Waals surface area contributed by atoms with E-state index in [1.54, 1.807) is 24.3 Å². The lowest BCUT2D eigenvalue weighted by atomic mass is 9.97. The quantitative estimate of drug-likeness (QED) is 0.626. The molecule has 0 aliphatic heterocycles. The van der Waals surface area contributed by atoms with Crippen molar-refractivity contribution < 1.29 is 14.1 Å². The largest absolute Gasteiger partial charge is 0.388 e. The van der Waals surface area contributed by atoms with Crippen LogP contribution >= 0.6 is 11.6 Å². The van der Waals surface area contributed by atoms with Crippen LogP contribution in [0.2, 0.25) is 5.02 Å². The van der Waals surface area contributed by atoms with Gasteiger partial charge < -0.3 is 5.11 Å². The minimum absolute atomic E-state index is 0.0313. The van der Waals surface area contributed by atoms with Crippen LogP contribution in [0, 0.1) is 5.82 Å². The van der Waals surface area contributed by atoms with Gasteiger partial charge in [-0.05, 0) is 48.4 Å². The van der Waals surface area contributed by atoms with Crippen LogP contribution < -0.4 is 4.57 Å². The molecule has 25 heavy (non-hydrogen) atoms. The van der Waals surface area contributed by atoms with Gasteiger partial charge in [0.1, 0.15) is 5.82 Å². The number of pyridine rings is 1. The predicted molar refractivity (Wildman–Crippen MR) is 96.8 cm³/mol. The van der Waals surface area contributed by atoms with Crippen molar-refractivity contribution >= 4 is 11.6 Å². The van der Waals surface area contributed by atoms with Crippen LogP contribution in [0.15, 0.2) is 79.1 Å². The van der Waals surface area contributed by atoms with Crippen LogP contribution in [0.25, 0.3) is 0 Å². The summed E-state index contributed by atoms with van der Waals surface area (Å²) in [4.78, 5) is 0. The van der Waals surface area contributed by atoms with E-state index in [1.165, 1.54) is 12.1 Å². The lowest BCUT2D eigenvalue weighted by Gasteiger charge is -2.16. The summed E-state index contributed by atoms with van der Waals surface area (Å²) in [5, 5.41) is 11.1.